The second kappa shape index (κ2) is 4.63. The fourth-order valence-corrected chi connectivity index (χ4v) is 3.38. The van der Waals surface area contributed by atoms with Gasteiger partial charge in [0.1, 0.15) is 5.52 Å². The highest BCUT2D eigenvalue weighted by molar-refractivity contribution is 8.00. The van der Waals surface area contributed by atoms with Gasteiger partial charge in [0, 0.05) is 35.3 Å². The molecule has 2 aromatic rings. The molecule has 1 aromatic carbocycles. The third kappa shape index (κ3) is 2.66. The van der Waals surface area contributed by atoms with Gasteiger partial charge in [0.15, 0.2) is 5.58 Å². The number of nitrogens with zero attached hydrogens (tertiary/aromatic N) is 2. The van der Waals surface area contributed by atoms with Crippen LogP contribution in [-0.2, 0) is 0 Å². The Balaban J connectivity index is 1.87. The van der Waals surface area contributed by atoms with Crippen LogP contribution in [0.4, 0.5) is 11.7 Å². The maximum Gasteiger partial charge on any atom is 0.298 e. The summed E-state index contributed by atoms with van der Waals surface area (Å²) in [5.41, 5.74) is 8.12. The molecule has 0 aliphatic carbocycles. The summed E-state index contributed by atoms with van der Waals surface area (Å²) in [6.45, 7) is 6.57. The van der Waals surface area contributed by atoms with Crippen LogP contribution in [0.15, 0.2) is 22.6 Å². The quantitative estimate of drug-likeness (QED) is 0.812. The average molecular weight is 277 g/mol. The Bertz CT molecular complexity index is 593. The van der Waals surface area contributed by atoms with Crippen LogP contribution in [0.25, 0.3) is 11.1 Å². The number of rotatable bonds is 1. The summed E-state index contributed by atoms with van der Waals surface area (Å²) in [7, 11) is 0. The number of oxazole rings is 1. The summed E-state index contributed by atoms with van der Waals surface area (Å²) in [5, 5.41) is 0. The van der Waals surface area contributed by atoms with Gasteiger partial charge in [0.25, 0.3) is 6.01 Å². The topological polar surface area (TPSA) is 55.3 Å². The molecule has 1 aliphatic rings. The van der Waals surface area contributed by atoms with Crippen molar-refractivity contribution >= 4 is 34.6 Å². The zero-order chi connectivity index (χ0) is 13.5. The number of thioether (sulfide) groups is 1. The monoisotopic (exact) mass is 277 g/mol. The van der Waals surface area contributed by atoms with Crippen molar-refractivity contribution in [3.63, 3.8) is 0 Å². The van der Waals surface area contributed by atoms with Crippen LogP contribution in [0.1, 0.15) is 20.3 Å². The maximum atomic E-state index is 5.84. The summed E-state index contributed by atoms with van der Waals surface area (Å²) < 4.78 is 6.18. The number of aromatic nitrogens is 1. The van der Waals surface area contributed by atoms with Crippen LogP contribution in [0.2, 0.25) is 0 Å². The Kier molecular flexibility index (Phi) is 3.09. The van der Waals surface area contributed by atoms with Gasteiger partial charge in [-0.2, -0.15) is 16.7 Å². The number of benzene rings is 1. The van der Waals surface area contributed by atoms with Gasteiger partial charge in [-0.15, -0.1) is 0 Å². The smallest absolute Gasteiger partial charge is 0.298 e. The van der Waals surface area contributed by atoms with E-state index in [0.29, 0.717) is 10.4 Å². The predicted molar refractivity (Wildman–Crippen MR) is 81.8 cm³/mol. The first-order valence-corrected chi connectivity index (χ1v) is 7.57. The number of hydrogen-bond donors (Lipinski definition) is 1. The summed E-state index contributed by atoms with van der Waals surface area (Å²) >= 11 is 2.02. The van der Waals surface area contributed by atoms with Crippen molar-refractivity contribution in [1.29, 1.82) is 0 Å². The molecular weight excluding hydrogens is 258 g/mol. The Morgan fingerprint density at radius 2 is 2.21 bits per heavy atom. The van der Waals surface area contributed by atoms with Crippen molar-refractivity contribution in [3.05, 3.63) is 18.2 Å². The van der Waals surface area contributed by atoms with E-state index in [0.717, 1.165) is 42.4 Å². The van der Waals surface area contributed by atoms with Crippen molar-refractivity contribution in [3.8, 4) is 0 Å². The fraction of sp³-hybridized carbons (Fsp3) is 0.500. The van der Waals surface area contributed by atoms with Crippen molar-refractivity contribution in [2.45, 2.75) is 25.0 Å². The van der Waals surface area contributed by atoms with E-state index in [2.05, 4.69) is 23.7 Å². The van der Waals surface area contributed by atoms with Gasteiger partial charge in [0.2, 0.25) is 0 Å². The van der Waals surface area contributed by atoms with Gasteiger partial charge < -0.3 is 15.1 Å². The molecule has 2 heterocycles. The number of fused-ring (bicyclic) bond motifs is 1. The molecule has 0 unspecified atom stereocenters. The predicted octanol–water partition coefficient (Wildman–Crippen LogP) is 3.13. The SMILES string of the molecule is CC1(C)CCN(c2nc3ccc(N)cc3o2)CCS1. The second-order valence-electron chi connectivity index (χ2n) is 5.57. The van der Waals surface area contributed by atoms with Crippen molar-refractivity contribution in [2.75, 3.05) is 29.5 Å². The van der Waals surface area contributed by atoms with Gasteiger partial charge >= 0.3 is 0 Å². The largest absolute Gasteiger partial charge is 0.423 e. The number of nitrogens with two attached hydrogens (primary N) is 1. The van der Waals surface area contributed by atoms with E-state index >= 15 is 0 Å². The molecule has 0 radical (unpaired) electrons. The van der Waals surface area contributed by atoms with Crippen molar-refractivity contribution in [1.82, 2.24) is 4.98 Å². The third-order valence-corrected chi connectivity index (χ3v) is 4.88. The lowest BCUT2D eigenvalue weighted by Crippen LogP contribution is -2.27. The van der Waals surface area contributed by atoms with Gasteiger partial charge in [-0.3, -0.25) is 0 Å². The highest BCUT2D eigenvalue weighted by atomic mass is 32.2. The van der Waals surface area contributed by atoms with E-state index in [1.807, 2.05) is 30.0 Å². The molecule has 0 amide bonds. The average Bonchev–Trinajstić information content (AvgIpc) is 2.67. The fourth-order valence-electron chi connectivity index (χ4n) is 2.28. The first-order valence-electron chi connectivity index (χ1n) is 6.58. The lowest BCUT2D eigenvalue weighted by molar-refractivity contribution is 0.554. The lowest BCUT2D eigenvalue weighted by Gasteiger charge is -2.21. The third-order valence-electron chi connectivity index (χ3n) is 3.51. The molecule has 1 aliphatic heterocycles. The van der Waals surface area contributed by atoms with E-state index in [1.54, 1.807) is 0 Å². The Morgan fingerprint density at radius 3 is 3.05 bits per heavy atom. The van der Waals surface area contributed by atoms with Gasteiger partial charge in [-0.05, 0) is 18.6 Å². The molecule has 0 bridgehead atoms. The van der Waals surface area contributed by atoms with Crippen LogP contribution >= 0.6 is 11.8 Å². The highest BCUT2D eigenvalue weighted by Gasteiger charge is 2.25. The Labute approximate surface area is 117 Å². The van der Waals surface area contributed by atoms with E-state index < -0.39 is 0 Å². The molecule has 0 spiro atoms. The first kappa shape index (κ1) is 12.7. The van der Waals surface area contributed by atoms with Gasteiger partial charge in [-0.1, -0.05) is 13.8 Å². The highest BCUT2D eigenvalue weighted by Crippen LogP contribution is 2.33. The molecule has 5 heteroatoms. The Morgan fingerprint density at radius 1 is 1.37 bits per heavy atom. The zero-order valence-corrected chi connectivity index (χ0v) is 12.2. The molecule has 102 valence electrons. The summed E-state index contributed by atoms with van der Waals surface area (Å²) in [6.07, 6.45) is 1.14. The van der Waals surface area contributed by atoms with E-state index in [1.165, 1.54) is 0 Å². The number of nitrogen functional groups attached to an aromatic ring is 1. The number of hydrogen-bond acceptors (Lipinski definition) is 5. The van der Waals surface area contributed by atoms with Crippen LogP contribution in [0, 0.1) is 0 Å². The Hall–Kier alpha value is -1.36. The van der Waals surface area contributed by atoms with Gasteiger partial charge in [-0.25, -0.2) is 0 Å². The maximum absolute atomic E-state index is 5.84. The van der Waals surface area contributed by atoms with E-state index in [-0.39, 0.29) is 0 Å². The molecule has 0 saturated carbocycles. The molecule has 1 fully saturated rings. The van der Waals surface area contributed by atoms with Crippen LogP contribution in [0.3, 0.4) is 0 Å². The van der Waals surface area contributed by atoms with Crippen LogP contribution < -0.4 is 10.6 Å². The molecule has 3 rings (SSSR count). The molecule has 1 saturated heterocycles. The zero-order valence-electron chi connectivity index (χ0n) is 11.3. The van der Waals surface area contributed by atoms with Gasteiger partial charge in [0.05, 0.1) is 0 Å². The van der Waals surface area contributed by atoms with Crippen LogP contribution in [-0.4, -0.2) is 28.6 Å². The molecular formula is C14H19N3OS. The van der Waals surface area contributed by atoms with Crippen molar-refractivity contribution in [2.24, 2.45) is 0 Å². The summed E-state index contributed by atoms with van der Waals surface area (Å²) in [5.74, 6) is 1.11. The minimum absolute atomic E-state index is 0.338. The molecule has 1 aromatic heterocycles. The molecule has 4 nitrogen and oxygen atoms in total. The minimum atomic E-state index is 0.338. The lowest BCUT2D eigenvalue weighted by atomic mass is 10.1. The van der Waals surface area contributed by atoms with E-state index in [4.69, 9.17) is 10.2 Å². The minimum Gasteiger partial charge on any atom is -0.423 e. The summed E-state index contributed by atoms with van der Waals surface area (Å²) in [4.78, 5) is 6.80. The normalized spacial score (nSPS) is 19.6. The molecule has 2 N–H and O–H groups in total. The van der Waals surface area contributed by atoms with Crippen LogP contribution in [0.5, 0.6) is 0 Å². The standard InChI is InChI=1S/C14H19N3OS/c1-14(2)5-6-17(7-8-19-14)13-16-11-4-3-10(15)9-12(11)18-13/h3-4,9H,5-8,15H2,1-2H3. The van der Waals surface area contributed by atoms with Crippen molar-refractivity contribution < 1.29 is 4.42 Å². The summed E-state index contributed by atoms with van der Waals surface area (Å²) in [6, 6.07) is 6.32. The van der Waals surface area contributed by atoms with E-state index in [9.17, 15) is 0 Å². The number of anilines is 2. The second-order valence-corrected chi connectivity index (χ2v) is 7.37. The first-order chi connectivity index (χ1) is 9.03. The molecule has 0 atom stereocenters. The molecule has 19 heavy (non-hydrogen) atoms.